The van der Waals surface area contributed by atoms with Gasteiger partial charge in [0.05, 0.1) is 5.92 Å². The summed E-state index contributed by atoms with van der Waals surface area (Å²) < 4.78 is 5.43. The lowest BCUT2D eigenvalue weighted by Gasteiger charge is -2.14. The summed E-state index contributed by atoms with van der Waals surface area (Å²) in [5, 5.41) is 12.0. The van der Waals surface area contributed by atoms with Crippen LogP contribution in [0.1, 0.15) is 37.0 Å². The minimum Gasteiger partial charge on any atom is -0.481 e. The van der Waals surface area contributed by atoms with Crippen molar-refractivity contribution < 1.29 is 14.3 Å². The number of aryl methyl sites for hydroxylation is 2. The smallest absolute Gasteiger partial charge is 0.307 e. The zero-order chi connectivity index (χ0) is 12.3. The lowest BCUT2D eigenvalue weighted by Crippen LogP contribution is -2.28. The van der Waals surface area contributed by atoms with Crippen molar-refractivity contribution in [2.24, 2.45) is 5.92 Å². The van der Waals surface area contributed by atoms with Crippen molar-refractivity contribution in [1.82, 2.24) is 5.32 Å². The number of carboxylic acid groups (broad SMARTS) is 1. The highest BCUT2D eigenvalue weighted by atomic mass is 16.4. The molecule has 2 unspecified atom stereocenters. The third-order valence-electron chi connectivity index (χ3n) is 2.70. The van der Waals surface area contributed by atoms with Gasteiger partial charge in [-0.3, -0.25) is 4.79 Å². The average molecular weight is 225 g/mol. The Bertz CT molecular complexity index is 370. The molecule has 4 heteroatoms. The van der Waals surface area contributed by atoms with E-state index in [1.165, 1.54) is 0 Å². The molecule has 0 aliphatic heterocycles. The Hall–Kier alpha value is -1.29. The van der Waals surface area contributed by atoms with E-state index >= 15 is 0 Å². The first-order chi connectivity index (χ1) is 7.41. The van der Waals surface area contributed by atoms with E-state index in [1.807, 2.05) is 26.8 Å². The minimum absolute atomic E-state index is 0.110. The monoisotopic (exact) mass is 225 g/mol. The molecular weight excluding hydrogens is 206 g/mol. The molecule has 0 aliphatic rings. The van der Waals surface area contributed by atoms with Crippen LogP contribution in [0.2, 0.25) is 0 Å². The Morgan fingerprint density at radius 2 is 2.12 bits per heavy atom. The predicted octanol–water partition coefficient (Wildman–Crippen LogP) is 2.27. The molecule has 2 atom stereocenters. The van der Waals surface area contributed by atoms with Gasteiger partial charge in [-0.15, -0.1) is 0 Å². The third-order valence-corrected chi connectivity index (χ3v) is 2.70. The normalized spacial score (nSPS) is 14.8. The highest BCUT2D eigenvalue weighted by molar-refractivity contribution is 5.69. The number of carbonyl (C=O) groups is 1. The van der Waals surface area contributed by atoms with Gasteiger partial charge in [-0.2, -0.15) is 0 Å². The molecule has 90 valence electrons. The van der Waals surface area contributed by atoms with Gasteiger partial charge in [0.25, 0.3) is 0 Å². The fraction of sp³-hybridized carbons (Fsp3) is 0.583. The maximum Gasteiger partial charge on any atom is 0.307 e. The Morgan fingerprint density at radius 1 is 1.50 bits per heavy atom. The van der Waals surface area contributed by atoms with Crippen LogP contribution in [0.3, 0.4) is 0 Å². The van der Waals surface area contributed by atoms with Crippen LogP contribution in [0.15, 0.2) is 10.5 Å². The second kappa shape index (κ2) is 5.16. The Labute approximate surface area is 95.7 Å². The van der Waals surface area contributed by atoms with Gasteiger partial charge in [-0.05, 0) is 26.8 Å². The molecule has 1 aromatic heterocycles. The van der Waals surface area contributed by atoms with Crippen LogP contribution in [0.25, 0.3) is 0 Å². The Kier molecular flexibility index (Phi) is 4.12. The second-order valence-corrected chi connectivity index (χ2v) is 4.24. The second-order valence-electron chi connectivity index (χ2n) is 4.24. The van der Waals surface area contributed by atoms with Gasteiger partial charge in [0.2, 0.25) is 0 Å². The zero-order valence-electron chi connectivity index (χ0n) is 10.2. The number of carboxylic acids is 1. The minimum atomic E-state index is -0.778. The molecule has 0 aliphatic carbocycles. The lowest BCUT2D eigenvalue weighted by atomic mass is 10.1. The predicted molar refractivity (Wildman–Crippen MR) is 61.4 cm³/mol. The average Bonchev–Trinajstić information content (AvgIpc) is 2.53. The van der Waals surface area contributed by atoms with Crippen molar-refractivity contribution in [3.63, 3.8) is 0 Å². The SMILES string of the molecule is Cc1cc(C(C)NCC(C)C(=O)O)c(C)o1. The van der Waals surface area contributed by atoms with Crippen LogP contribution >= 0.6 is 0 Å². The molecule has 1 aromatic rings. The molecule has 16 heavy (non-hydrogen) atoms. The number of rotatable bonds is 5. The van der Waals surface area contributed by atoms with Gasteiger partial charge in [-0.25, -0.2) is 0 Å². The van der Waals surface area contributed by atoms with Crippen LogP contribution in [0.5, 0.6) is 0 Å². The molecule has 1 rings (SSSR count). The molecule has 0 aromatic carbocycles. The van der Waals surface area contributed by atoms with E-state index in [2.05, 4.69) is 5.32 Å². The molecule has 1 heterocycles. The van der Waals surface area contributed by atoms with Crippen LogP contribution in [0, 0.1) is 19.8 Å². The summed E-state index contributed by atoms with van der Waals surface area (Å²) in [6.45, 7) is 7.98. The topological polar surface area (TPSA) is 62.5 Å². The van der Waals surface area contributed by atoms with Crippen LogP contribution in [-0.2, 0) is 4.79 Å². The summed E-state index contributed by atoms with van der Waals surface area (Å²) in [6, 6.07) is 2.09. The molecule has 0 spiro atoms. The van der Waals surface area contributed by atoms with Gasteiger partial charge in [0.1, 0.15) is 11.5 Å². The lowest BCUT2D eigenvalue weighted by molar-refractivity contribution is -0.140. The summed E-state index contributed by atoms with van der Waals surface area (Å²) in [6.07, 6.45) is 0. The standard InChI is InChI=1S/C12H19NO3/c1-7(12(14)15)6-13-9(3)11-5-8(2)16-10(11)4/h5,7,9,13H,6H2,1-4H3,(H,14,15). The first-order valence-electron chi connectivity index (χ1n) is 5.45. The van der Waals surface area contributed by atoms with Crippen molar-refractivity contribution in [2.75, 3.05) is 6.54 Å². The molecule has 0 saturated carbocycles. The highest BCUT2D eigenvalue weighted by Gasteiger charge is 2.15. The zero-order valence-corrected chi connectivity index (χ0v) is 10.2. The molecule has 0 fully saturated rings. The van der Waals surface area contributed by atoms with E-state index in [1.54, 1.807) is 6.92 Å². The molecule has 0 amide bonds. The molecule has 0 saturated heterocycles. The van der Waals surface area contributed by atoms with Crippen molar-refractivity contribution in [1.29, 1.82) is 0 Å². The van der Waals surface area contributed by atoms with E-state index in [4.69, 9.17) is 9.52 Å². The summed E-state index contributed by atoms with van der Waals surface area (Å²) in [5.74, 6) is 0.614. The van der Waals surface area contributed by atoms with E-state index in [0.29, 0.717) is 6.54 Å². The largest absolute Gasteiger partial charge is 0.481 e. The van der Waals surface area contributed by atoms with Gasteiger partial charge >= 0.3 is 5.97 Å². The Morgan fingerprint density at radius 3 is 2.56 bits per heavy atom. The highest BCUT2D eigenvalue weighted by Crippen LogP contribution is 2.21. The van der Waals surface area contributed by atoms with Crippen molar-refractivity contribution >= 4 is 5.97 Å². The maximum atomic E-state index is 10.7. The van der Waals surface area contributed by atoms with Crippen molar-refractivity contribution in [3.8, 4) is 0 Å². The molecule has 0 radical (unpaired) electrons. The van der Waals surface area contributed by atoms with Crippen LogP contribution < -0.4 is 5.32 Å². The summed E-state index contributed by atoms with van der Waals surface area (Å²) in [5.41, 5.74) is 1.09. The number of hydrogen-bond acceptors (Lipinski definition) is 3. The van der Waals surface area contributed by atoms with Gasteiger partial charge in [-0.1, -0.05) is 6.92 Å². The number of hydrogen-bond donors (Lipinski definition) is 2. The fourth-order valence-corrected chi connectivity index (χ4v) is 1.63. The molecule has 4 nitrogen and oxygen atoms in total. The summed E-state index contributed by atoms with van der Waals surface area (Å²) in [4.78, 5) is 10.7. The fourth-order valence-electron chi connectivity index (χ4n) is 1.63. The first-order valence-corrected chi connectivity index (χ1v) is 5.45. The van der Waals surface area contributed by atoms with Crippen molar-refractivity contribution in [2.45, 2.75) is 33.7 Å². The molecule has 2 N–H and O–H groups in total. The summed E-state index contributed by atoms with van der Waals surface area (Å²) >= 11 is 0. The van der Waals surface area contributed by atoms with Crippen molar-refractivity contribution in [3.05, 3.63) is 23.2 Å². The van der Waals surface area contributed by atoms with Gasteiger partial charge in [0, 0.05) is 18.2 Å². The third kappa shape index (κ3) is 3.10. The first kappa shape index (κ1) is 12.8. The summed E-state index contributed by atoms with van der Waals surface area (Å²) in [7, 11) is 0. The van der Waals surface area contributed by atoms with Crippen LogP contribution in [0.4, 0.5) is 0 Å². The Balaban J connectivity index is 2.56. The van der Waals surface area contributed by atoms with Crippen LogP contribution in [-0.4, -0.2) is 17.6 Å². The van der Waals surface area contributed by atoms with E-state index in [-0.39, 0.29) is 12.0 Å². The number of aliphatic carboxylic acids is 1. The van der Waals surface area contributed by atoms with E-state index in [9.17, 15) is 4.79 Å². The number of furan rings is 1. The molecular formula is C12H19NO3. The van der Waals surface area contributed by atoms with Gasteiger partial charge < -0.3 is 14.8 Å². The quantitative estimate of drug-likeness (QED) is 0.807. The van der Waals surface area contributed by atoms with E-state index < -0.39 is 5.97 Å². The van der Waals surface area contributed by atoms with Gasteiger partial charge in [0.15, 0.2) is 0 Å². The number of nitrogens with one attached hydrogen (secondary N) is 1. The van der Waals surface area contributed by atoms with E-state index in [0.717, 1.165) is 17.1 Å². The maximum absolute atomic E-state index is 10.7. The molecule has 0 bridgehead atoms.